The Morgan fingerprint density at radius 2 is 0.530 bits per heavy atom. The van der Waals surface area contributed by atoms with Gasteiger partial charge in [-0.15, -0.1) is 0 Å². The number of hydrogen-bond acceptors (Lipinski definition) is 6. The van der Waals surface area contributed by atoms with Crippen LogP contribution in [0.2, 0.25) is 0 Å². The zero-order valence-electron chi connectivity index (χ0n) is 36.0. The van der Waals surface area contributed by atoms with Gasteiger partial charge in [0.15, 0.2) is 0 Å². The van der Waals surface area contributed by atoms with E-state index in [-0.39, 0.29) is 21.6 Å². The molecule has 0 aliphatic carbocycles. The molecule has 0 aliphatic heterocycles. The van der Waals surface area contributed by atoms with Crippen molar-refractivity contribution in [2.75, 3.05) is 10.6 Å². The average Bonchev–Trinajstić information content (AvgIpc) is 3.34. The second-order valence-electron chi connectivity index (χ2n) is 14.8. The Balaban J connectivity index is 0.000000196. The molecule has 10 nitrogen and oxygen atoms in total. The van der Waals surface area contributed by atoms with Gasteiger partial charge >= 0.3 is 0 Å². The van der Waals surface area contributed by atoms with Crippen LogP contribution in [0.15, 0.2) is 249 Å². The second-order valence-corrected chi connectivity index (χ2v) is 24.6. The molecule has 0 spiro atoms. The Morgan fingerprint density at radius 1 is 0.333 bits per heavy atom. The number of rotatable bonds is 12. The molecule has 0 fully saturated rings. The van der Waals surface area contributed by atoms with Gasteiger partial charge in [-0.3, -0.25) is 9.59 Å². The van der Waals surface area contributed by atoms with Crippen molar-refractivity contribution in [1.29, 1.82) is 0 Å². The SMILES string of the molecule is CC(=O)Nc1ccc(S(=O)(=O)N=P(c2ccccc2)(c2ccccc2)c2ccccc2)cc1.CC(=O)Nc1ccc(S(=O)(=O)N=P(c2ccccc2)(c2ccccc2)c2ccccc2)cc1. The zero-order valence-corrected chi connectivity index (χ0v) is 39.4. The zero-order chi connectivity index (χ0) is 46.6. The Kier molecular flexibility index (Phi) is 14.9. The third-order valence-corrected chi connectivity index (χ3v) is 21.9. The molecule has 0 unspecified atom stereocenters. The third-order valence-electron chi connectivity index (χ3n) is 10.2. The molecule has 8 aromatic carbocycles. The number of sulfonamides is 2. The van der Waals surface area contributed by atoms with Crippen molar-refractivity contribution >= 4 is 89.2 Å². The van der Waals surface area contributed by atoms with Crippen LogP contribution in [0.5, 0.6) is 0 Å². The number of nitrogens with zero attached hydrogens (tertiary/aromatic N) is 2. The number of nitrogens with one attached hydrogen (secondary N) is 2. The molecule has 0 aromatic heterocycles. The lowest BCUT2D eigenvalue weighted by Gasteiger charge is -2.26. The first-order valence-corrected chi connectivity index (χ1v) is 27.1. The van der Waals surface area contributed by atoms with Gasteiger partial charge in [0, 0.05) is 57.0 Å². The minimum Gasteiger partial charge on any atom is -0.326 e. The maximum Gasteiger partial charge on any atom is 0.281 e. The fourth-order valence-electron chi connectivity index (χ4n) is 7.28. The van der Waals surface area contributed by atoms with Gasteiger partial charge in [0.2, 0.25) is 11.8 Å². The summed E-state index contributed by atoms with van der Waals surface area (Å²) >= 11 is 0. The highest BCUT2D eigenvalue weighted by molar-refractivity contribution is 8.00. The van der Waals surface area contributed by atoms with E-state index in [1.165, 1.54) is 38.1 Å². The van der Waals surface area contributed by atoms with Crippen LogP contribution in [0, 0.1) is 0 Å². The molecule has 2 amide bonds. The fourth-order valence-corrected chi connectivity index (χ4v) is 19.3. The minimum absolute atomic E-state index is 0.0729. The molecule has 0 bridgehead atoms. The van der Waals surface area contributed by atoms with Crippen LogP contribution in [0.25, 0.3) is 0 Å². The van der Waals surface area contributed by atoms with E-state index >= 15 is 0 Å². The van der Waals surface area contributed by atoms with Crippen LogP contribution in [-0.4, -0.2) is 28.6 Å². The fraction of sp³-hybridized carbons (Fsp3) is 0.0385. The van der Waals surface area contributed by atoms with Gasteiger partial charge in [0.25, 0.3) is 20.0 Å². The Morgan fingerprint density at radius 3 is 0.712 bits per heavy atom. The highest BCUT2D eigenvalue weighted by atomic mass is 32.2. The third kappa shape index (κ3) is 10.8. The van der Waals surface area contributed by atoms with Crippen LogP contribution >= 0.6 is 14.1 Å². The summed E-state index contributed by atoms with van der Waals surface area (Å²) in [6.45, 7) is 2.80. The van der Waals surface area contributed by atoms with Gasteiger partial charge in [-0.05, 0) is 48.5 Å². The molecule has 8 rings (SSSR count). The van der Waals surface area contributed by atoms with E-state index in [0.717, 1.165) is 31.8 Å². The van der Waals surface area contributed by atoms with Gasteiger partial charge < -0.3 is 10.6 Å². The summed E-state index contributed by atoms with van der Waals surface area (Å²) in [5, 5.41) is 10.4. The summed E-state index contributed by atoms with van der Waals surface area (Å²) in [7, 11) is -13.9. The summed E-state index contributed by atoms with van der Waals surface area (Å²) in [4.78, 5) is 22.8. The van der Waals surface area contributed by atoms with Crippen molar-refractivity contribution in [2.24, 2.45) is 8.30 Å². The second kappa shape index (κ2) is 20.9. The first-order chi connectivity index (χ1) is 31.8. The van der Waals surface area contributed by atoms with Crippen molar-refractivity contribution in [3.63, 3.8) is 0 Å². The minimum atomic E-state index is -4.05. The Hall–Kier alpha value is -6.94. The number of amides is 2. The average molecular weight is 949 g/mol. The molecule has 66 heavy (non-hydrogen) atoms. The van der Waals surface area contributed by atoms with Gasteiger partial charge in [0.05, 0.1) is 23.9 Å². The summed E-state index contributed by atoms with van der Waals surface area (Å²) in [6.07, 6.45) is 0. The predicted octanol–water partition coefficient (Wildman–Crippen LogP) is 9.02. The maximum absolute atomic E-state index is 13.7. The van der Waals surface area contributed by atoms with E-state index < -0.39 is 34.2 Å². The van der Waals surface area contributed by atoms with Gasteiger partial charge in [-0.2, -0.15) is 25.1 Å². The van der Waals surface area contributed by atoms with Gasteiger partial charge in [-0.1, -0.05) is 182 Å². The summed E-state index contributed by atoms with van der Waals surface area (Å²) in [6, 6.07) is 69.7. The predicted molar refractivity (Wildman–Crippen MR) is 271 cm³/mol. The number of anilines is 2. The summed E-state index contributed by atoms with van der Waals surface area (Å²) in [5.74, 6) is -0.449. The normalized spacial score (nSPS) is 11.5. The van der Waals surface area contributed by atoms with Crippen LogP contribution in [-0.2, 0) is 29.6 Å². The number of carbonyl (C=O) groups is 2. The van der Waals surface area contributed by atoms with E-state index in [2.05, 4.69) is 10.6 Å². The van der Waals surface area contributed by atoms with Gasteiger partial charge in [0.1, 0.15) is 0 Å². The molecule has 0 heterocycles. The highest BCUT2D eigenvalue weighted by Gasteiger charge is 2.32. The topological polar surface area (TPSA) is 151 Å². The first-order valence-electron chi connectivity index (χ1n) is 20.7. The Labute approximate surface area is 386 Å². The lowest BCUT2D eigenvalue weighted by molar-refractivity contribution is -0.115. The Bertz CT molecular complexity index is 2830. The van der Waals surface area contributed by atoms with E-state index in [1.54, 1.807) is 24.3 Å². The first kappa shape index (κ1) is 47.0. The van der Waals surface area contributed by atoms with Crippen molar-refractivity contribution in [1.82, 2.24) is 0 Å². The van der Waals surface area contributed by atoms with Crippen LogP contribution in [0.3, 0.4) is 0 Å². The lowest BCUT2D eigenvalue weighted by atomic mass is 10.3. The summed E-state index contributed by atoms with van der Waals surface area (Å²) in [5.41, 5.74) is 1.05. The van der Waals surface area contributed by atoms with E-state index in [0.29, 0.717) is 11.4 Å². The molecule has 0 saturated carbocycles. The van der Waals surface area contributed by atoms with E-state index in [1.807, 2.05) is 182 Å². The standard InChI is InChI=1S/2C26H23N2O3PS/c2*1-21(29)27-22-17-19-26(20-18-22)33(30,31)28-32(23-11-5-2-6-12-23,24-13-7-3-8-14-24)25-15-9-4-10-16-25/h2*2-20H,1H3,(H,27,29). The molecular weight excluding hydrogens is 903 g/mol. The number of benzene rings is 8. The lowest BCUT2D eigenvalue weighted by Crippen LogP contribution is -2.26. The number of carbonyl (C=O) groups excluding carboxylic acids is 2. The van der Waals surface area contributed by atoms with Crippen LogP contribution < -0.4 is 42.5 Å². The highest BCUT2D eigenvalue weighted by Crippen LogP contribution is 2.49. The molecule has 0 radical (unpaired) electrons. The largest absolute Gasteiger partial charge is 0.326 e. The molecular formula is C52H46N4O6P2S2. The van der Waals surface area contributed by atoms with Gasteiger partial charge in [-0.25, -0.2) is 0 Å². The summed E-state index contributed by atoms with van der Waals surface area (Å²) < 4.78 is 64.1. The van der Waals surface area contributed by atoms with Crippen LogP contribution in [0.4, 0.5) is 11.4 Å². The van der Waals surface area contributed by atoms with Crippen molar-refractivity contribution in [3.05, 3.63) is 231 Å². The molecule has 0 atom stereocenters. The quantitative estimate of drug-likeness (QED) is 0.117. The molecule has 8 aromatic rings. The van der Waals surface area contributed by atoms with E-state index in [4.69, 9.17) is 8.30 Å². The van der Waals surface area contributed by atoms with Crippen molar-refractivity contribution in [3.8, 4) is 0 Å². The number of hydrogen-bond donors (Lipinski definition) is 2. The van der Waals surface area contributed by atoms with Crippen molar-refractivity contribution in [2.45, 2.75) is 23.6 Å². The monoisotopic (exact) mass is 948 g/mol. The molecule has 2 N–H and O–H groups in total. The van der Waals surface area contributed by atoms with Crippen molar-refractivity contribution < 1.29 is 26.4 Å². The van der Waals surface area contributed by atoms with Crippen LogP contribution in [0.1, 0.15) is 13.8 Å². The molecule has 0 aliphatic rings. The molecule has 332 valence electrons. The maximum atomic E-state index is 13.7. The smallest absolute Gasteiger partial charge is 0.281 e. The molecule has 14 heteroatoms. The molecule has 0 saturated heterocycles. The van der Waals surface area contributed by atoms with E-state index in [9.17, 15) is 26.4 Å².